The van der Waals surface area contributed by atoms with E-state index < -0.39 is 54.2 Å². The van der Waals surface area contributed by atoms with Gasteiger partial charge in [-0.2, -0.15) is 13.2 Å². The molecule has 0 unspecified atom stereocenters. The Morgan fingerprint density at radius 1 is 0.818 bits per heavy atom. The molecule has 0 amide bonds. The van der Waals surface area contributed by atoms with E-state index in [-0.39, 0.29) is 42.3 Å². The molecule has 0 aromatic heterocycles. The number of nitrogens with two attached hydrogens (primary N) is 1. The van der Waals surface area contributed by atoms with Crippen molar-refractivity contribution in [1.29, 1.82) is 0 Å². The highest BCUT2D eigenvalue weighted by atomic mass is 19.4. The molecule has 0 saturated heterocycles. The molecule has 0 bridgehead atoms. The molecular formula is C26H36F3N7O8. The topological polar surface area (TPSA) is 214 Å². The number of nitro benzene ring substituents is 4. The predicted molar refractivity (Wildman–Crippen MR) is 159 cm³/mol. The zero-order valence-corrected chi connectivity index (χ0v) is 25.2. The molecule has 0 aliphatic heterocycles. The van der Waals surface area contributed by atoms with Gasteiger partial charge < -0.3 is 16.0 Å². The zero-order chi connectivity index (χ0) is 34.1. The van der Waals surface area contributed by atoms with Gasteiger partial charge in [0.05, 0.1) is 25.3 Å². The molecule has 44 heavy (non-hydrogen) atoms. The first kappa shape index (κ1) is 37.3. The summed E-state index contributed by atoms with van der Waals surface area (Å²) < 4.78 is 39.1. The van der Waals surface area contributed by atoms with Crippen LogP contribution in [0.1, 0.15) is 70.1 Å². The Hall–Kier alpha value is -4.77. The Labute approximate surface area is 250 Å². The van der Waals surface area contributed by atoms with Crippen molar-refractivity contribution in [2.45, 2.75) is 79.4 Å². The monoisotopic (exact) mass is 631 g/mol. The molecule has 0 fully saturated rings. The summed E-state index contributed by atoms with van der Waals surface area (Å²) >= 11 is 0. The van der Waals surface area contributed by atoms with Crippen LogP contribution in [0.4, 0.5) is 53.0 Å². The van der Waals surface area contributed by atoms with E-state index in [0.717, 1.165) is 12.8 Å². The van der Waals surface area contributed by atoms with Crippen molar-refractivity contribution in [3.8, 4) is 0 Å². The van der Waals surface area contributed by atoms with Crippen LogP contribution in [0.15, 0.2) is 12.1 Å². The van der Waals surface area contributed by atoms with Gasteiger partial charge in [-0.05, 0) is 45.1 Å². The summed E-state index contributed by atoms with van der Waals surface area (Å²) in [7, 11) is 0. The minimum atomic E-state index is -5.04. The summed E-state index contributed by atoms with van der Waals surface area (Å²) in [5.74, 6) is 0. The molecule has 3 N–H and O–H groups in total. The average Bonchev–Trinajstić information content (AvgIpc) is 2.91. The second kappa shape index (κ2) is 15.6. The molecule has 0 atom stereocenters. The van der Waals surface area contributed by atoms with E-state index in [2.05, 4.69) is 5.32 Å². The molecule has 0 saturated carbocycles. The molecule has 0 aliphatic rings. The van der Waals surface area contributed by atoms with E-state index in [0.29, 0.717) is 24.0 Å². The lowest BCUT2D eigenvalue weighted by atomic mass is 10.0. The third-order valence-corrected chi connectivity index (χ3v) is 6.79. The summed E-state index contributed by atoms with van der Waals surface area (Å²) in [6.07, 6.45) is -2.58. The Morgan fingerprint density at radius 2 is 1.30 bits per heavy atom. The van der Waals surface area contributed by atoms with Gasteiger partial charge in [-0.1, -0.05) is 27.7 Å². The highest BCUT2D eigenvalue weighted by Gasteiger charge is 2.43. The standard InChI is InChI=1S/C13H17F3N4O4.C13H19N3O4/c1-3-5-18(6-4-2)11-9(19(21)22)7-8(13(14,15)16)10(17)12(11)20(23)24;1-5-10(6-2)14-12-11(15(17)18)7-8(3)9(4)13(12)16(19)20/h7H,3-6,17H2,1-2H3;7,10,14H,5-6H2,1-4H3. The molecule has 2 aromatic rings. The van der Waals surface area contributed by atoms with E-state index in [9.17, 15) is 53.6 Å². The maximum atomic E-state index is 13.0. The van der Waals surface area contributed by atoms with E-state index in [1.807, 2.05) is 13.8 Å². The lowest BCUT2D eigenvalue weighted by molar-refractivity contribution is -0.392. The van der Waals surface area contributed by atoms with Gasteiger partial charge >= 0.3 is 17.6 Å². The van der Waals surface area contributed by atoms with Gasteiger partial charge in [0, 0.05) is 36.8 Å². The van der Waals surface area contributed by atoms with E-state index in [4.69, 9.17) is 5.73 Å². The van der Waals surface area contributed by atoms with Gasteiger partial charge in [0.1, 0.15) is 5.69 Å². The van der Waals surface area contributed by atoms with Crippen molar-refractivity contribution in [3.05, 3.63) is 69.3 Å². The lowest BCUT2D eigenvalue weighted by Gasteiger charge is -2.24. The van der Waals surface area contributed by atoms with Crippen LogP contribution in [0.2, 0.25) is 0 Å². The molecule has 0 aliphatic carbocycles. The highest BCUT2D eigenvalue weighted by molar-refractivity contribution is 5.86. The number of rotatable bonds is 13. The molecule has 2 rings (SSSR count). The first-order chi connectivity index (χ1) is 20.4. The Bertz CT molecular complexity index is 1390. The van der Waals surface area contributed by atoms with Crippen LogP contribution >= 0.6 is 0 Å². The molecule has 18 heteroatoms. The largest absolute Gasteiger partial charge is 0.418 e. The first-order valence-electron chi connectivity index (χ1n) is 13.7. The van der Waals surface area contributed by atoms with Crippen LogP contribution in [0.5, 0.6) is 0 Å². The fourth-order valence-electron chi connectivity index (χ4n) is 4.50. The van der Waals surface area contributed by atoms with Gasteiger partial charge in [-0.3, -0.25) is 40.5 Å². The minimum absolute atomic E-state index is 0.0109. The molecule has 0 heterocycles. The first-order valence-corrected chi connectivity index (χ1v) is 13.7. The average molecular weight is 632 g/mol. The van der Waals surface area contributed by atoms with Crippen molar-refractivity contribution in [2.24, 2.45) is 0 Å². The number of benzene rings is 2. The quantitative estimate of drug-likeness (QED) is 0.126. The van der Waals surface area contributed by atoms with Gasteiger partial charge in [0.25, 0.3) is 11.4 Å². The molecular weight excluding hydrogens is 595 g/mol. The Balaban J connectivity index is 0.000000447. The maximum Gasteiger partial charge on any atom is 0.418 e. The van der Waals surface area contributed by atoms with Crippen LogP contribution in [0.3, 0.4) is 0 Å². The summed E-state index contributed by atoms with van der Waals surface area (Å²) in [5, 5.41) is 48.0. The van der Waals surface area contributed by atoms with E-state index >= 15 is 0 Å². The van der Waals surface area contributed by atoms with Crippen LogP contribution < -0.4 is 16.0 Å². The number of hydrogen-bond acceptors (Lipinski definition) is 11. The fourth-order valence-corrected chi connectivity index (χ4v) is 4.50. The SMILES string of the molecule is CCC(CC)Nc1c([N+](=O)[O-])cc(C)c(C)c1[N+](=O)[O-].CCCN(CCC)c1c([N+](=O)[O-])cc(C(F)(F)F)c(N)c1[N+](=O)[O-]. The van der Waals surface area contributed by atoms with Gasteiger partial charge in [0.2, 0.25) is 0 Å². The maximum absolute atomic E-state index is 13.0. The summed E-state index contributed by atoms with van der Waals surface area (Å²) in [6, 6.07) is 1.61. The van der Waals surface area contributed by atoms with Crippen LogP contribution in [-0.2, 0) is 6.18 Å². The van der Waals surface area contributed by atoms with Crippen LogP contribution in [-0.4, -0.2) is 38.8 Å². The summed E-state index contributed by atoms with van der Waals surface area (Å²) in [6.45, 7) is 11.0. The number of nitrogen functional groups attached to an aromatic ring is 1. The third kappa shape index (κ3) is 8.63. The molecule has 15 nitrogen and oxygen atoms in total. The van der Waals surface area contributed by atoms with Gasteiger partial charge in [-0.25, -0.2) is 0 Å². The second-order valence-electron chi connectivity index (χ2n) is 9.79. The fraction of sp³-hybridized carbons (Fsp3) is 0.538. The second-order valence-corrected chi connectivity index (χ2v) is 9.79. The summed E-state index contributed by atoms with van der Waals surface area (Å²) in [5.41, 5.74) is 0.656. The van der Waals surface area contributed by atoms with Gasteiger partial charge in [-0.15, -0.1) is 0 Å². The van der Waals surface area contributed by atoms with E-state index in [1.165, 1.54) is 11.0 Å². The van der Waals surface area contributed by atoms with E-state index in [1.54, 1.807) is 27.7 Å². The zero-order valence-electron chi connectivity index (χ0n) is 25.2. The van der Waals surface area contributed by atoms with Crippen molar-refractivity contribution >= 4 is 39.8 Å². The number of alkyl halides is 3. The Morgan fingerprint density at radius 3 is 1.66 bits per heavy atom. The normalized spacial score (nSPS) is 11.0. The van der Waals surface area contributed by atoms with Gasteiger partial charge in [0.15, 0.2) is 11.4 Å². The van der Waals surface area contributed by atoms with Crippen molar-refractivity contribution in [2.75, 3.05) is 29.0 Å². The smallest absolute Gasteiger partial charge is 0.393 e. The van der Waals surface area contributed by atoms with Crippen molar-refractivity contribution < 1.29 is 32.9 Å². The molecule has 244 valence electrons. The number of nitrogens with one attached hydrogen (secondary N) is 1. The Kier molecular flexibility index (Phi) is 13.2. The van der Waals surface area contributed by atoms with Crippen molar-refractivity contribution in [1.82, 2.24) is 0 Å². The van der Waals surface area contributed by atoms with Crippen molar-refractivity contribution in [3.63, 3.8) is 0 Å². The minimum Gasteiger partial charge on any atom is -0.393 e. The number of halogens is 3. The third-order valence-electron chi connectivity index (χ3n) is 6.79. The number of nitrogens with zero attached hydrogens (tertiary/aromatic N) is 5. The lowest BCUT2D eigenvalue weighted by Crippen LogP contribution is -2.27. The highest BCUT2D eigenvalue weighted by Crippen LogP contribution is 2.48. The number of nitro groups is 4. The van der Waals surface area contributed by atoms with Crippen LogP contribution in [0, 0.1) is 54.3 Å². The molecule has 0 spiro atoms. The number of aryl methyl sites for hydroxylation is 1. The van der Waals surface area contributed by atoms with Crippen LogP contribution in [0.25, 0.3) is 0 Å². The number of hydrogen-bond donors (Lipinski definition) is 2. The number of anilines is 3. The predicted octanol–water partition coefficient (Wildman–Crippen LogP) is 7.45. The summed E-state index contributed by atoms with van der Waals surface area (Å²) in [4.78, 5) is 43.0. The molecule has 0 radical (unpaired) electrons. The molecule has 2 aromatic carbocycles.